The number of aromatic nitrogens is 1. The van der Waals surface area contributed by atoms with E-state index in [4.69, 9.17) is 0 Å². The Kier molecular flexibility index (Phi) is 3.95. The minimum Gasteiger partial charge on any atom is -0.465 e. The van der Waals surface area contributed by atoms with E-state index in [1.165, 1.54) is 7.11 Å². The summed E-state index contributed by atoms with van der Waals surface area (Å²) in [4.78, 5) is 11.2. The summed E-state index contributed by atoms with van der Waals surface area (Å²) >= 11 is 4.15. The first-order chi connectivity index (χ1) is 6.69. The van der Waals surface area contributed by atoms with E-state index in [0.29, 0.717) is 5.56 Å². The Morgan fingerprint density at radius 1 is 1.57 bits per heavy atom. The molecule has 0 amide bonds. The van der Waals surface area contributed by atoms with E-state index < -0.39 is 0 Å². The van der Waals surface area contributed by atoms with Crippen LogP contribution >= 0.6 is 12.6 Å². The van der Waals surface area contributed by atoms with Gasteiger partial charge in [-0.2, -0.15) is 12.6 Å². The maximum Gasteiger partial charge on any atom is 0.343 e. The van der Waals surface area contributed by atoms with Gasteiger partial charge in [0.1, 0.15) is 5.56 Å². The van der Waals surface area contributed by atoms with Crippen molar-refractivity contribution in [3.05, 3.63) is 29.6 Å². The lowest BCUT2D eigenvalue weighted by molar-refractivity contribution is -0.698. The number of aryl methyl sites for hydroxylation is 2. The Morgan fingerprint density at radius 3 is 2.86 bits per heavy atom. The standard InChI is InChI=1S/C10H13NO2S/c1-8-3-4-9(10(12)13-2)7-11(8)5-6-14/h3-4,7H,5-6H2,1-2H3/p+1. The highest BCUT2D eigenvalue weighted by Crippen LogP contribution is 1.99. The van der Waals surface area contributed by atoms with Gasteiger partial charge in [-0.05, 0) is 6.07 Å². The van der Waals surface area contributed by atoms with Crippen molar-refractivity contribution < 1.29 is 14.1 Å². The normalized spacial score (nSPS) is 9.93. The molecule has 0 radical (unpaired) electrons. The first-order valence-electron chi connectivity index (χ1n) is 4.38. The fraction of sp³-hybridized carbons (Fsp3) is 0.400. The van der Waals surface area contributed by atoms with Gasteiger partial charge in [0.15, 0.2) is 18.4 Å². The van der Waals surface area contributed by atoms with Gasteiger partial charge in [0.25, 0.3) is 0 Å². The fourth-order valence-corrected chi connectivity index (χ4v) is 1.42. The molecule has 0 fully saturated rings. The van der Waals surface area contributed by atoms with Crippen LogP contribution in [0.25, 0.3) is 0 Å². The zero-order valence-electron chi connectivity index (χ0n) is 8.36. The van der Waals surface area contributed by atoms with E-state index in [1.54, 1.807) is 12.3 Å². The van der Waals surface area contributed by atoms with Crippen molar-refractivity contribution in [3.8, 4) is 0 Å². The molecule has 0 saturated carbocycles. The Morgan fingerprint density at radius 2 is 2.29 bits per heavy atom. The molecule has 0 bridgehead atoms. The van der Waals surface area contributed by atoms with E-state index in [0.717, 1.165) is 18.0 Å². The van der Waals surface area contributed by atoms with Crippen molar-refractivity contribution in [2.45, 2.75) is 13.5 Å². The molecule has 0 aliphatic rings. The van der Waals surface area contributed by atoms with Crippen LogP contribution in [0, 0.1) is 6.92 Å². The molecule has 0 aromatic carbocycles. The maximum atomic E-state index is 11.2. The van der Waals surface area contributed by atoms with Crippen LogP contribution in [-0.2, 0) is 11.3 Å². The van der Waals surface area contributed by atoms with Crippen LogP contribution in [0.1, 0.15) is 16.1 Å². The average Bonchev–Trinajstić information content (AvgIpc) is 2.20. The van der Waals surface area contributed by atoms with Gasteiger partial charge in [-0.1, -0.05) is 0 Å². The number of hydrogen-bond acceptors (Lipinski definition) is 3. The lowest BCUT2D eigenvalue weighted by Gasteiger charge is -2.01. The molecular weight excluding hydrogens is 198 g/mol. The molecule has 1 aromatic heterocycles. The molecule has 4 heteroatoms. The molecule has 0 spiro atoms. The van der Waals surface area contributed by atoms with Crippen molar-refractivity contribution in [1.82, 2.24) is 0 Å². The summed E-state index contributed by atoms with van der Waals surface area (Å²) in [7, 11) is 1.38. The van der Waals surface area contributed by atoms with Crippen LogP contribution in [0.3, 0.4) is 0 Å². The van der Waals surface area contributed by atoms with Gasteiger partial charge in [-0.25, -0.2) is 9.36 Å². The van der Waals surface area contributed by atoms with Crippen molar-refractivity contribution in [1.29, 1.82) is 0 Å². The molecule has 14 heavy (non-hydrogen) atoms. The molecule has 1 aromatic rings. The largest absolute Gasteiger partial charge is 0.465 e. The molecule has 0 unspecified atom stereocenters. The molecule has 3 nitrogen and oxygen atoms in total. The lowest BCUT2D eigenvalue weighted by atomic mass is 10.2. The first-order valence-corrected chi connectivity index (χ1v) is 5.01. The van der Waals surface area contributed by atoms with Gasteiger partial charge in [-0.3, -0.25) is 0 Å². The summed E-state index contributed by atoms with van der Waals surface area (Å²) < 4.78 is 6.62. The minimum atomic E-state index is -0.307. The van der Waals surface area contributed by atoms with E-state index in [-0.39, 0.29) is 5.97 Å². The average molecular weight is 212 g/mol. The van der Waals surface area contributed by atoms with Gasteiger partial charge in [-0.15, -0.1) is 0 Å². The van der Waals surface area contributed by atoms with Gasteiger partial charge < -0.3 is 4.74 Å². The fourth-order valence-electron chi connectivity index (χ4n) is 1.21. The van der Waals surface area contributed by atoms with Crippen LogP contribution in [0.15, 0.2) is 18.3 Å². The van der Waals surface area contributed by atoms with Crippen molar-refractivity contribution in [3.63, 3.8) is 0 Å². The van der Waals surface area contributed by atoms with E-state index in [2.05, 4.69) is 17.4 Å². The molecule has 0 aliphatic carbocycles. The highest BCUT2D eigenvalue weighted by Gasteiger charge is 2.12. The predicted octanol–water partition coefficient (Wildman–Crippen LogP) is 0.999. The Hall–Kier alpha value is -1.03. The smallest absolute Gasteiger partial charge is 0.343 e. The third kappa shape index (κ3) is 2.48. The molecule has 0 N–H and O–H groups in total. The Balaban J connectivity index is 2.99. The summed E-state index contributed by atoms with van der Waals surface area (Å²) in [5, 5.41) is 0. The summed E-state index contributed by atoms with van der Waals surface area (Å²) in [6.45, 7) is 2.78. The van der Waals surface area contributed by atoms with Crippen LogP contribution in [0.5, 0.6) is 0 Å². The topological polar surface area (TPSA) is 30.2 Å². The summed E-state index contributed by atoms with van der Waals surface area (Å²) in [6.07, 6.45) is 1.79. The second kappa shape index (κ2) is 5.00. The number of ether oxygens (including phenoxy) is 1. The van der Waals surface area contributed by atoms with Gasteiger partial charge in [0.2, 0.25) is 0 Å². The molecule has 76 valence electrons. The van der Waals surface area contributed by atoms with Crippen LogP contribution < -0.4 is 4.57 Å². The summed E-state index contributed by atoms with van der Waals surface area (Å²) in [5.74, 6) is 0.439. The van der Waals surface area contributed by atoms with Crippen LogP contribution in [0.2, 0.25) is 0 Å². The summed E-state index contributed by atoms with van der Waals surface area (Å²) in [5.41, 5.74) is 1.67. The number of hydrogen-bond donors (Lipinski definition) is 1. The third-order valence-electron chi connectivity index (χ3n) is 2.01. The summed E-state index contributed by atoms with van der Waals surface area (Å²) in [6, 6.07) is 3.66. The molecule has 0 aliphatic heterocycles. The predicted molar refractivity (Wildman–Crippen MR) is 56.6 cm³/mol. The second-order valence-electron chi connectivity index (χ2n) is 2.97. The number of esters is 1. The number of carbonyl (C=O) groups is 1. The number of rotatable bonds is 3. The first kappa shape index (κ1) is 11.0. The monoisotopic (exact) mass is 212 g/mol. The minimum absolute atomic E-state index is 0.307. The lowest BCUT2D eigenvalue weighted by Crippen LogP contribution is -2.38. The molecule has 0 atom stereocenters. The van der Waals surface area contributed by atoms with Gasteiger partial charge in [0.05, 0.1) is 7.11 Å². The zero-order chi connectivity index (χ0) is 10.6. The molecule has 1 heterocycles. The zero-order valence-corrected chi connectivity index (χ0v) is 9.25. The van der Waals surface area contributed by atoms with Crippen LogP contribution in [-0.4, -0.2) is 18.8 Å². The third-order valence-corrected chi connectivity index (χ3v) is 2.21. The quantitative estimate of drug-likeness (QED) is 0.460. The van der Waals surface area contributed by atoms with Crippen molar-refractivity contribution in [2.75, 3.05) is 12.9 Å². The molecular formula is C10H14NO2S+. The van der Waals surface area contributed by atoms with Gasteiger partial charge >= 0.3 is 5.97 Å². The Labute approximate surface area is 89.1 Å². The van der Waals surface area contributed by atoms with E-state index in [9.17, 15) is 4.79 Å². The maximum absolute atomic E-state index is 11.2. The van der Waals surface area contributed by atoms with E-state index >= 15 is 0 Å². The number of carbonyl (C=O) groups excluding carboxylic acids is 1. The van der Waals surface area contributed by atoms with E-state index in [1.807, 2.05) is 17.6 Å². The highest BCUT2D eigenvalue weighted by molar-refractivity contribution is 7.80. The van der Waals surface area contributed by atoms with Crippen LogP contribution in [0.4, 0.5) is 0 Å². The SMILES string of the molecule is COC(=O)c1ccc(C)[n+](CCS)c1. The second-order valence-corrected chi connectivity index (χ2v) is 3.41. The highest BCUT2D eigenvalue weighted by atomic mass is 32.1. The molecule has 1 rings (SSSR count). The number of nitrogens with zero attached hydrogens (tertiary/aromatic N) is 1. The van der Waals surface area contributed by atoms with Crippen molar-refractivity contribution >= 4 is 18.6 Å². The molecule has 0 saturated heterocycles. The number of methoxy groups -OCH3 is 1. The van der Waals surface area contributed by atoms with Crippen molar-refractivity contribution in [2.24, 2.45) is 0 Å². The van der Waals surface area contributed by atoms with Gasteiger partial charge in [0, 0.05) is 18.7 Å². The number of thiol groups is 1. The number of pyridine rings is 1. The Bertz CT molecular complexity index is 339.